The highest BCUT2D eigenvalue weighted by Gasteiger charge is 2.11. The summed E-state index contributed by atoms with van der Waals surface area (Å²) >= 11 is 0. The second-order valence-corrected chi connectivity index (χ2v) is 4.40. The van der Waals surface area contributed by atoms with Crippen LogP contribution >= 0.6 is 0 Å². The van der Waals surface area contributed by atoms with Gasteiger partial charge in [-0.25, -0.2) is 0 Å². The van der Waals surface area contributed by atoms with E-state index >= 15 is 0 Å². The zero-order valence-corrected chi connectivity index (χ0v) is 11.4. The van der Waals surface area contributed by atoms with Crippen molar-refractivity contribution in [3.8, 4) is 5.75 Å². The highest BCUT2D eigenvalue weighted by atomic mass is 16.6. The molecule has 1 heterocycles. The van der Waals surface area contributed by atoms with Gasteiger partial charge >= 0.3 is 0 Å². The van der Waals surface area contributed by atoms with Crippen LogP contribution in [0.3, 0.4) is 0 Å². The molecule has 0 aliphatic heterocycles. The number of carbonyl (C=O) groups excluding carboxylic acids is 1. The van der Waals surface area contributed by atoms with E-state index in [0.29, 0.717) is 12.3 Å². The van der Waals surface area contributed by atoms with Gasteiger partial charge in [0.25, 0.3) is 11.6 Å². The molecule has 0 fully saturated rings. The average molecular weight is 290 g/mol. The van der Waals surface area contributed by atoms with E-state index in [9.17, 15) is 14.9 Å². The lowest BCUT2D eigenvalue weighted by molar-refractivity contribution is -0.384. The lowest BCUT2D eigenvalue weighted by Crippen LogP contribution is -2.30. The summed E-state index contributed by atoms with van der Waals surface area (Å²) in [7, 11) is 1.66. The monoisotopic (exact) mass is 290 g/mol. The number of rotatable bonds is 6. The first-order valence-corrected chi connectivity index (χ1v) is 6.15. The van der Waals surface area contributed by atoms with E-state index in [-0.39, 0.29) is 18.2 Å². The summed E-state index contributed by atoms with van der Waals surface area (Å²) in [5.74, 6) is 0.209. The average Bonchev–Trinajstić information content (AvgIpc) is 2.98. The van der Waals surface area contributed by atoms with Crippen molar-refractivity contribution in [2.45, 2.75) is 6.54 Å². The number of aromatic amines is 1. The number of ether oxygens (including phenoxy) is 1. The number of nitro benzene ring substituents is 1. The summed E-state index contributed by atoms with van der Waals surface area (Å²) in [6.45, 7) is 0.297. The number of amides is 1. The fraction of sp³-hybridized carbons (Fsp3) is 0.231. The van der Waals surface area contributed by atoms with Crippen molar-refractivity contribution in [2.24, 2.45) is 0 Å². The lowest BCUT2D eigenvalue weighted by Gasteiger charge is -2.16. The minimum Gasteiger partial charge on any atom is -0.484 e. The Morgan fingerprint density at radius 3 is 2.71 bits per heavy atom. The van der Waals surface area contributed by atoms with Gasteiger partial charge in [-0.1, -0.05) is 0 Å². The third-order valence-corrected chi connectivity index (χ3v) is 2.81. The molecular weight excluding hydrogens is 276 g/mol. The number of non-ortho nitro benzene ring substituents is 1. The fourth-order valence-electron chi connectivity index (χ4n) is 1.65. The van der Waals surface area contributed by atoms with Crippen molar-refractivity contribution >= 4 is 11.6 Å². The standard InChI is InChI=1S/C13H14N4O4/c1-16(8-10-6-14-15-7-10)13(18)9-21-12-4-2-11(3-5-12)17(19)20/h2-7H,8-9H2,1H3,(H,14,15). The van der Waals surface area contributed by atoms with Crippen LogP contribution in [0, 0.1) is 10.1 Å². The number of benzene rings is 1. The molecule has 1 N–H and O–H groups in total. The van der Waals surface area contributed by atoms with Crippen molar-refractivity contribution in [1.82, 2.24) is 15.1 Å². The zero-order valence-electron chi connectivity index (χ0n) is 11.4. The third-order valence-electron chi connectivity index (χ3n) is 2.81. The molecule has 0 radical (unpaired) electrons. The molecule has 2 aromatic rings. The van der Waals surface area contributed by atoms with Crippen LogP contribution < -0.4 is 4.74 Å². The molecule has 0 bridgehead atoms. The third kappa shape index (κ3) is 4.03. The van der Waals surface area contributed by atoms with E-state index in [0.717, 1.165) is 5.56 Å². The Kier molecular flexibility index (Phi) is 4.50. The van der Waals surface area contributed by atoms with Gasteiger partial charge in [0.15, 0.2) is 6.61 Å². The Labute approximate surface area is 120 Å². The molecule has 0 unspecified atom stereocenters. The van der Waals surface area contributed by atoms with Gasteiger partial charge in [0.2, 0.25) is 0 Å². The number of nitro groups is 1. The minimum absolute atomic E-state index is 0.0225. The number of carbonyl (C=O) groups is 1. The molecule has 8 nitrogen and oxygen atoms in total. The van der Waals surface area contributed by atoms with Crippen molar-refractivity contribution in [2.75, 3.05) is 13.7 Å². The SMILES string of the molecule is CN(Cc1cn[nH]c1)C(=O)COc1ccc([N+](=O)[O-])cc1. The highest BCUT2D eigenvalue weighted by Crippen LogP contribution is 2.17. The number of hydrogen-bond donors (Lipinski definition) is 1. The second-order valence-electron chi connectivity index (χ2n) is 4.40. The summed E-state index contributed by atoms with van der Waals surface area (Å²) in [5.41, 5.74) is 0.868. The van der Waals surface area contributed by atoms with Gasteiger partial charge in [-0.3, -0.25) is 20.0 Å². The van der Waals surface area contributed by atoms with Crippen molar-refractivity contribution in [3.05, 3.63) is 52.3 Å². The maximum atomic E-state index is 11.9. The predicted octanol–water partition coefficient (Wildman–Crippen LogP) is 1.36. The molecule has 0 atom stereocenters. The molecular formula is C13H14N4O4. The van der Waals surface area contributed by atoms with Gasteiger partial charge in [-0.15, -0.1) is 0 Å². The van der Waals surface area contributed by atoms with Crippen molar-refractivity contribution in [3.63, 3.8) is 0 Å². The van der Waals surface area contributed by atoms with Gasteiger partial charge in [-0.05, 0) is 12.1 Å². The van der Waals surface area contributed by atoms with E-state index in [1.807, 2.05) is 0 Å². The largest absolute Gasteiger partial charge is 0.484 e. The van der Waals surface area contributed by atoms with Crippen LogP contribution in [0.5, 0.6) is 5.75 Å². The van der Waals surface area contributed by atoms with Gasteiger partial charge < -0.3 is 9.64 Å². The van der Waals surface area contributed by atoms with E-state index in [1.54, 1.807) is 19.4 Å². The van der Waals surface area contributed by atoms with Crippen LogP contribution in [0.4, 0.5) is 5.69 Å². The second kappa shape index (κ2) is 6.51. The molecule has 0 saturated carbocycles. The first-order chi connectivity index (χ1) is 10.1. The van der Waals surface area contributed by atoms with Crippen LogP contribution in [0.1, 0.15) is 5.56 Å². The highest BCUT2D eigenvalue weighted by molar-refractivity contribution is 5.77. The Morgan fingerprint density at radius 2 is 2.14 bits per heavy atom. The summed E-state index contributed by atoms with van der Waals surface area (Å²) in [6, 6.07) is 5.58. The fourth-order valence-corrected chi connectivity index (χ4v) is 1.65. The summed E-state index contributed by atoms with van der Waals surface area (Å²) in [6.07, 6.45) is 3.35. The smallest absolute Gasteiger partial charge is 0.269 e. The molecule has 0 saturated heterocycles. The Bertz CT molecular complexity index is 610. The number of hydrogen-bond acceptors (Lipinski definition) is 5. The van der Waals surface area contributed by atoms with Gasteiger partial charge in [-0.2, -0.15) is 5.10 Å². The van der Waals surface area contributed by atoms with Gasteiger partial charge in [0.1, 0.15) is 5.75 Å². The number of nitrogens with one attached hydrogen (secondary N) is 1. The first-order valence-electron chi connectivity index (χ1n) is 6.15. The minimum atomic E-state index is -0.492. The normalized spacial score (nSPS) is 10.1. The molecule has 110 valence electrons. The maximum Gasteiger partial charge on any atom is 0.269 e. The molecule has 1 aromatic carbocycles. The topological polar surface area (TPSA) is 101 Å². The van der Waals surface area contributed by atoms with Crippen LogP contribution in [-0.2, 0) is 11.3 Å². The molecule has 1 amide bonds. The number of H-pyrrole nitrogens is 1. The summed E-state index contributed by atoms with van der Waals surface area (Å²) < 4.78 is 5.31. The number of nitrogens with zero attached hydrogens (tertiary/aromatic N) is 3. The molecule has 0 aliphatic rings. The van der Waals surface area contributed by atoms with E-state index in [1.165, 1.54) is 29.2 Å². The van der Waals surface area contributed by atoms with E-state index < -0.39 is 4.92 Å². The van der Waals surface area contributed by atoms with Crippen LogP contribution in [0.25, 0.3) is 0 Å². The maximum absolute atomic E-state index is 11.9. The zero-order chi connectivity index (χ0) is 15.2. The molecule has 2 rings (SSSR count). The van der Waals surface area contributed by atoms with Crippen LogP contribution in [-0.4, -0.2) is 39.6 Å². The molecule has 8 heteroatoms. The summed E-state index contributed by atoms with van der Waals surface area (Å²) in [5, 5.41) is 17.0. The Hall–Kier alpha value is -2.90. The van der Waals surface area contributed by atoms with Crippen LogP contribution in [0.2, 0.25) is 0 Å². The van der Waals surface area contributed by atoms with E-state index in [4.69, 9.17) is 4.74 Å². The molecule has 0 spiro atoms. The quantitative estimate of drug-likeness (QED) is 0.639. The van der Waals surface area contributed by atoms with Gasteiger partial charge in [0.05, 0.1) is 11.1 Å². The van der Waals surface area contributed by atoms with Crippen molar-refractivity contribution < 1.29 is 14.5 Å². The van der Waals surface area contributed by atoms with Crippen molar-refractivity contribution in [1.29, 1.82) is 0 Å². The molecule has 0 aliphatic carbocycles. The lowest BCUT2D eigenvalue weighted by atomic mass is 10.3. The Balaban J connectivity index is 1.84. The van der Waals surface area contributed by atoms with Gasteiger partial charge in [0, 0.05) is 37.5 Å². The number of aromatic nitrogens is 2. The number of likely N-dealkylation sites (N-methyl/N-ethyl adjacent to an activating group) is 1. The summed E-state index contributed by atoms with van der Waals surface area (Å²) in [4.78, 5) is 23.4. The predicted molar refractivity (Wildman–Crippen MR) is 73.7 cm³/mol. The Morgan fingerprint density at radius 1 is 1.43 bits per heavy atom. The van der Waals surface area contributed by atoms with E-state index in [2.05, 4.69) is 10.2 Å². The molecule has 21 heavy (non-hydrogen) atoms. The molecule has 1 aromatic heterocycles. The first kappa shape index (κ1) is 14.5. The van der Waals surface area contributed by atoms with Crippen LogP contribution in [0.15, 0.2) is 36.7 Å².